The minimum atomic E-state index is -0.0864. The molecule has 1 saturated heterocycles. The molecule has 0 bridgehead atoms. The fourth-order valence-electron chi connectivity index (χ4n) is 3.92. The normalized spacial score (nSPS) is 14.3. The van der Waals surface area contributed by atoms with Gasteiger partial charge in [-0.1, -0.05) is 19.1 Å². The van der Waals surface area contributed by atoms with Crippen LogP contribution < -0.4 is 15.5 Å². The van der Waals surface area contributed by atoms with Crippen LogP contribution in [-0.4, -0.2) is 53.5 Å². The lowest BCUT2D eigenvalue weighted by Gasteiger charge is -2.35. The summed E-state index contributed by atoms with van der Waals surface area (Å²) in [6.45, 7) is 11.2. The van der Waals surface area contributed by atoms with Gasteiger partial charge in [-0.25, -0.2) is 9.97 Å². The van der Waals surface area contributed by atoms with Gasteiger partial charge in [-0.2, -0.15) is 0 Å². The van der Waals surface area contributed by atoms with Crippen LogP contribution in [0.4, 0.5) is 23.0 Å². The van der Waals surface area contributed by atoms with Crippen molar-refractivity contribution in [3.8, 4) is 11.3 Å². The molecule has 0 radical (unpaired) electrons. The van der Waals surface area contributed by atoms with Crippen molar-refractivity contribution in [1.29, 1.82) is 0 Å². The number of nitrogens with one attached hydrogen (secondary N) is 2. The van der Waals surface area contributed by atoms with Gasteiger partial charge in [0, 0.05) is 61.9 Å². The van der Waals surface area contributed by atoms with E-state index < -0.39 is 0 Å². The number of piperazine rings is 1. The quantitative estimate of drug-likeness (QED) is 0.608. The second-order valence-electron chi connectivity index (χ2n) is 8.08. The molecule has 7 nitrogen and oxygen atoms in total. The first-order valence-electron chi connectivity index (χ1n) is 11.1. The SMILES string of the molecule is CCN1CCN(c2ccc(Nc3ncc(C)c(-c4ccc(NC(C)=O)cc4)n3)cc2)CC1. The summed E-state index contributed by atoms with van der Waals surface area (Å²) in [5.41, 5.74) is 5.80. The molecular formula is C25H30N6O. The molecule has 2 N–H and O–H groups in total. The van der Waals surface area contributed by atoms with Gasteiger partial charge in [0.2, 0.25) is 11.9 Å². The van der Waals surface area contributed by atoms with Gasteiger partial charge >= 0.3 is 0 Å². The number of likely N-dealkylation sites (N-methyl/N-ethyl adjacent to an activating group) is 1. The molecule has 0 unspecified atom stereocenters. The Bertz CT molecular complexity index is 1060. The number of carbonyl (C=O) groups excluding carboxylic acids is 1. The van der Waals surface area contributed by atoms with Gasteiger partial charge in [-0.3, -0.25) is 4.79 Å². The van der Waals surface area contributed by atoms with Gasteiger partial charge < -0.3 is 20.4 Å². The highest BCUT2D eigenvalue weighted by Crippen LogP contribution is 2.25. The third-order valence-corrected chi connectivity index (χ3v) is 5.76. The Hall–Kier alpha value is -3.45. The molecule has 1 aliphatic rings. The Morgan fingerprint density at radius 2 is 1.62 bits per heavy atom. The molecule has 1 amide bonds. The Morgan fingerprint density at radius 3 is 2.25 bits per heavy atom. The Balaban J connectivity index is 1.45. The molecule has 32 heavy (non-hydrogen) atoms. The van der Waals surface area contributed by atoms with Gasteiger partial charge in [0.05, 0.1) is 5.69 Å². The van der Waals surface area contributed by atoms with Crippen molar-refractivity contribution in [3.05, 3.63) is 60.3 Å². The van der Waals surface area contributed by atoms with Gasteiger partial charge in [-0.15, -0.1) is 0 Å². The van der Waals surface area contributed by atoms with Crippen LogP contribution in [0.3, 0.4) is 0 Å². The van der Waals surface area contributed by atoms with E-state index in [1.807, 2.05) is 37.4 Å². The monoisotopic (exact) mass is 430 g/mol. The third-order valence-electron chi connectivity index (χ3n) is 5.76. The van der Waals surface area contributed by atoms with Crippen LogP contribution in [0, 0.1) is 6.92 Å². The molecule has 2 heterocycles. The summed E-state index contributed by atoms with van der Waals surface area (Å²) in [4.78, 5) is 25.3. The fraction of sp³-hybridized carbons (Fsp3) is 0.320. The maximum Gasteiger partial charge on any atom is 0.227 e. The van der Waals surface area contributed by atoms with Crippen molar-refractivity contribution in [2.45, 2.75) is 20.8 Å². The van der Waals surface area contributed by atoms with Crippen molar-refractivity contribution >= 4 is 28.9 Å². The summed E-state index contributed by atoms with van der Waals surface area (Å²) in [7, 11) is 0. The summed E-state index contributed by atoms with van der Waals surface area (Å²) in [5, 5.41) is 6.10. The van der Waals surface area contributed by atoms with E-state index in [2.05, 4.69) is 56.6 Å². The van der Waals surface area contributed by atoms with Gasteiger partial charge in [0.1, 0.15) is 0 Å². The lowest BCUT2D eigenvalue weighted by molar-refractivity contribution is -0.114. The average Bonchev–Trinajstić information content (AvgIpc) is 2.81. The summed E-state index contributed by atoms with van der Waals surface area (Å²) in [6, 6.07) is 16.1. The summed E-state index contributed by atoms with van der Waals surface area (Å²) >= 11 is 0. The first-order valence-corrected chi connectivity index (χ1v) is 11.1. The number of benzene rings is 2. The third kappa shape index (κ3) is 5.23. The van der Waals surface area contributed by atoms with Gasteiger partial charge in [-0.05, 0) is 55.4 Å². The molecule has 1 aliphatic heterocycles. The molecule has 3 aromatic rings. The van der Waals surface area contributed by atoms with Crippen molar-refractivity contribution in [3.63, 3.8) is 0 Å². The van der Waals surface area contributed by atoms with Crippen LogP contribution in [0.2, 0.25) is 0 Å². The van der Waals surface area contributed by atoms with Crippen LogP contribution in [0.5, 0.6) is 0 Å². The summed E-state index contributed by atoms with van der Waals surface area (Å²) < 4.78 is 0. The molecule has 166 valence electrons. The zero-order valence-electron chi connectivity index (χ0n) is 18.9. The molecule has 7 heteroatoms. The molecule has 0 spiro atoms. The zero-order valence-corrected chi connectivity index (χ0v) is 18.9. The number of hydrogen-bond donors (Lipinski definition) is 2. The molecule has 1 fully saturated rings. The van der Waals surface area contributed by atoms with Crippen molar-refractivity contribution in [2.24, 2.45) is 0 Å². The summed E-state index contributed by atoms with van der Waals surface area (Å²) in [6.07, 6.45) is 1.83. The highest BCUT2D eigenvalue weighted by atomic mass is 16.1. The standard InChI is InChI=1S/C25H30N6O/c1-4-30-13-15-31(16-14-30)23-11-9-22(10-12-23)28-25-26-17-18(2)24(29-25)20-5-7-21(8-6-20)27-19(3)32/h5-12,17H,4,13-16H2,1-3H3,(H,27,32)(H,26,28,29). The Labute approximate surface area is 189 Å². The number of hydrogen-bond acceptors (Lipinski definition) is 6. The van der Waals surface area contributed by atoms with Crippen LogP contribution >= 0.6 is 0 Å². The second-order valence-corrected chi connectivity index (χ2v) is 8.08. The van der Waals surface area contributed by atoms with E-state index >= 15 is 0 Å². The molecular weight excluding hydrogens is 400 g/mol. The lowest BCUT2D eigenvalue weighted by atomic mass is 10.1. The van der Waals surface area contributed by atoms with E-state index in [9.17, 15) is 4.79 Å². The minimum absolute atomic E-state index is 0.0864. The molecule has 0 saturated carbocycles. The van der Waals surface area contributed by atoms with E-state index in [0.717, 1.165) is 60.9 Å². The first kappa shape index (κ1) is 21.8. The van der Waals surface area contributed by atoms with Crippen LogP contribution in [0.1, 0.15) is 19.4 Å². The number of amides is 1. The van der Waals surface area contributed by atoms with E-state index in [1.165, 1.54) is 12.6 Å². The van der Waals surface area contributed by atoms with E-state index in [4.69, 9.17) is 4.98 Å². The number of aryl methyl sites for hydroxylation is 1. The Morgan fingerprint density at radius 1 is 0.969 bits per heavy atom. The average molecular weight is 431 g/mol. The predicted octanol–water partition coefficient (Wildman–Crippen LogP) is 4.30. The van der Waals surface area contributed by atoms with E-state index in [0.29, 0.717) is 5.95 Å². The lowest BCUT2D eigenvalue weighted by Crippen LogP contribution is -2.46. The van der Waals surface area contributed by atoms with Crippen molar-refractivity contribution < 1.29 is 4.79 Å². The Kier molecular flexibility index (Phi) is 6.66. The highest BCUT2D eigenvalue weighted by Gasteiger charge is 2.15. The highest BCUT2D eigenvalue weighted by molar-refractivity contribution is 5.89. The molecule has 0 aliphatic carbocycles. The topological polar surface area (TPSA) is 73.4 Å². The van der Waals surface area contributed by atoms with Crippen molar-refractivity contribution in [2.75, 3.05) is 48.3 Å². The van der Waals surface area contributed by atoms with Crippen LogP contribution in [0.15, 0.2) is 54.7 Å². The smallest absolute Gasteiger partial charge is 0.227 e. The van der Waals surface area contributed by atoms with Crippen LogP contribution in [-0.2, 0) is 4.79 Å². The van der Waals surface area contributed by atoms with Gasteiger partial charge in [0.25, 0.3) is 0 Å². The molecule has 1 aromatic heterocycles. The number of rotatable bonds is 6. The predicted molar refractivity (Wildman–Crippen MR) is 131 cm³/mol. The van der Waals surface area contributed by atoms with Crippen LogP contribution in [0.25, 0.3) is 11.3 Å². The summed E-state index contributed by atoms with van der Waals surface area (Å²) in [5.74, 6) is 0.470. The number of nitrogens with zero attached hydrogens (tertiary/aromatic N) is 4. The van der Waals surface area contributed by atoms with E-state index in [-0.39, 0.29) is 5.91 Å². The largest absolute Gasteiger partial charge is 0.369 e. The molecule has 0 atom stereocenters. The number of aromatic nitrogens is 2. The maximum atomic E-state index is 11.2. The number of carbonyl (C=O) groups is 1. The zero-order chi connectivity index (χ0) is 22.5. The van der Waals surface area contributed by atoms with Gasteiger partial charge in [0.15, 0.2) is 0 Å². The fourth-order valence-corrected chi connectivity index (χ4v) is 3.92. The second kappa shape index (κ2) is 9.78. The first-order chi connectivity index (χ1) is 15.5. The molecule has 2 aromatic carbocycles. The maximum absolute atomic E-state index is 11.2. The van der Waals surface area contributed by atoms with Crippen molar-refractivity contribution in [1.82, 2.24) is 14.9 Å². The minimum Gasteiger partial charge on any atom is -0.369 e. The number of anilines is 4. The van der Waals surface area contributed by atoms with E-state index in [1.54, 1.807) is 0 Å². The molecule has 4 rings (SSSR count).